The average molecular weight is 369 g/mol. The van der Waals surface area contributed by atoms with Crippen LogP contribution in [0.5, 0.6) is 0 Å². The summed E-state index contributed by atoms with van der Waals surface area (Å²) in [4.78, 5) is 10.1. The predicted molar refractivity (Wildman–Crippen MR) is 111 cm³/mol. The van der Waals surface area contributed by atoms with Crippen molar-refractivity contribution in [3.63, 3.8) is 0 Å². The Hall–Kier alpha value is -2.01. The molecule has 138 valence electrons. The van der Waals surface area contributed by atoms with E-state index in [9.17, 15) is 0 Å². The van der Waals surface area contributed by atoms with Crippen molar-refractivity contribution in [3.05, 3.63) is 60.4 Å². The number of rotatable bonds is 7. The van der Waals surface area contributed by atoms with Crippen LogP contribution in [0, 0.1) is 0 Å². The quantitative estimate of drug-likeness (QED) is 0.575. The van der Waals surface area contributed by atoms with Crippen LogP contribution in [0.3, 0.4) is 0 Å². The molecule has 0 aliphatic heterocycles. The second kappa shape index (κ2) is 9.62. The number of aromatic nitrogens is 1. The van der Waals surface area contributed by atoms with Gasteiger partial charge in [0.15, 0.2) is 5.96 Å². The number of pyridine rings is 1. The predicted octanol–water partition coefficient (Wildman–Crippen LogP) is 3.89. The molecule has 1 fully saturated rings. The number of hydrogen-bond donors (Lipinski definition) is 2. The maximum Gasteiger partial charge on any atom is 0.191 e. The molecule has 0 bridgehead atoms. The normalized spacial score (nSPS) is 16.4. The molecule has 2 N–H and O–H groups in total. The van der Waals surface area contributed by atoms with Crippen LogP contribution >= 0.6 is 11.8 Å². The van der Waals surface area contributed by atoms with Gasteiger partial charge < -0.3 is 10.6 Å². The molecule has 0 atom stereocenters. The number of benzene rings is 1. The lowest BCUT2D eigenvalue weighted by atomic mass is 10.1. The highest BCUT2D eigenvalue weighted by molar-refractivity contribution is 8.00. The summed E-state index contributed by atoms with van der Waals surface area (Å²) in [6.07, 6.45) is 7.87. The maximum atomic E-state index is 4.38. The summed E-state index contributed by atoms with van der Waals surface area (Å²) in [5.74, 6) is 0.876. The van der Waals surface area contributed by atoms with Crippen LogP contribution in [0.15, 0.2) is 64.6 Å². The highest BCUT2D eigenvalue weighted by Crippen LogP contribution is 2.44. The second-order valence-electron chi connectivity index (χ2n) is 6.73. The molecule has 1 aromatic carbocycles. The number of aliphatic imine (C=N–C) groups is 1. The fourth-order valence-corrected chi connectivity index (χ4v) is 4.82. The molecule has 0 unspecified atom stereocenters. The third-order valence-electron chi connectivity index (χ3n) is 4.79. The number of thioether (sulfide) groups is 1. The lowest BCUT2D eigenvalue weighted by Gasteiger charge is -2.29. The lowest BCUT2D eigenvalue weighted by Crippen LogP contribution is -2.45. The third-order valence-corrected chi connectivity index (χ3v) is 6.29. The molecule has 2 aromatic rings. The molecule has 0 spiro atoms. The molecule has 1 saturated carbocycles. The molecule has 1 heterocycles. The molecular weight excluding hydrogens is 340 g/mol. The van der Waals surface area contributed by atoms with Crippen molar-refractivity contribution in [1.82, 2.24) is 15.6 Å². The molecule has 4 nitrogen and oxygen atoms in total. The van der Waals surface area contributed by atoms with Crippen LogP contribution in [-0.4, -0.2) is 35.8 Å². The van der Waals surface area contributed by atoms with E-state index in [2.05, 4.69) is 57.0 Å². The first kappa shape index (κ1) is 18.8. The van der Waals surface area contributed by atoms with Crippen molar-refractivity contribution >= 4 is 17.7 Å². The van der Waals surface area contributed by atoms with E-state index in [1.54, 1.807) is 0 Å². The topological polar surface area (TPSA) is 49.3 Å². The van der Waals surface area contributed by atoms with Crippen molar-refractivity contribution in [3.8, 4) is 0 Å². The van der Waals surface area contributed by atoms with Crippen LogP contribution in [0.2, 0.25) is 0 Å². The molecule has 0 amide bonds. The molecule has 1 aliphatic rings. The van der Waals surface area contributed by atoms with Crippen LogP contribution < -0.4 is 10.6 Å². The van der Waals surface area contributed by atoms with Gasteiger partial charge >= 0.3 is 0 Å². The van der Waals surface area contributed by atoms with Crippen molar-refractivity contribution in [2.75, 3.05) is 20.1 Å². The van der Waals surface area contributed by atoms with Crippen LogP contribution in [0.4, 0.5) is 0 Å². The fourth-order valence-electron chi connectivity index (χ4n) is 3.39. The van der Waals surface area contributed by atoms with E-state index in [-0.39, 0.29) is 4.75 Å². The van der Waals surface area contributed by atoms with Gasteiger partial charge in [-0.1, -0.05) is 37.1 Å². The van der Waals surface area contributed by atoms with Gasteiger partial charge in [-0.2, -0.15) is 0 Å². The van der Waals surface area contributed by atoms with Crippen molar-refractivity contribution in [1.29, 1.82) is 0 Å². The Labute approximate surface area is 160 Å². The summed E-state index contributed by atoms with van der Waals surface area (Å²) in [6, 6.07) is 16.8. The minimum atomic E-state index is 0.264. The highest BCUT2D eigenvalue weighted by Gasteiger charge is 2.35. The maximum absolute atomic E-state index is 4.38. The highest BCUT2D eigenvalue weighted by atomic mass is 32.2. The SMILES string of the molecule is CN=C(NCCc1ccccn1)NCC1(Sc2ccccc2)CCCC1. The zero-order valence-corrected chi connectivity index (χ0v) is 16.3. The van der Waals surface area contributed by atoms with Crippen molar-refractivity contribution < 1.29 is 0 Å². The van der Waals surface area contributed by atoms with Crippen molar-refractivity contribution in [2.45, 2.75) is 41.7 Å². The molecule has 3 rings (SSSR count). The summed E-state index contributed by atoms with van der Waals surface area (Å²) < 4.78 is 0.264. The largest absolute Gasteiger partial charge is 0.356 e. The van der Waals surface area contributed by atoms with Gasteiger partial charge in [0.25, 0.3) is 0 Å². The number of guanidine groups is 1. The van der Waals surface area contributed by atoms with E-state index < -0.39 is 0 Å². The van der Waals surface area contributed by atoms with E-state index in [0.29, 0.717) is 0 Å². The van der Waals surface area contributed by atoms with Gasteiger partial charge in [0.05, 0.1) is 0 Å². The van der Waals surface area contributed by atoms with Gasteiger partial charge in [-0.05, 0) is 37.1 Å². The first-order chi connectivity index (χ1) is 12.8. The lowest BCUT2D eigenvalue weighted by molar-refractivity contribution is 0.582. The van der Waals surface area contributed by atoms with E-state index in [4.69, 9.17) is 0 Å². The molecule has 1 aliphatic carbocycles. The second-order valence-corrected chi connectivity index (χ2v) is 8.27. The summed E-state index contributed by atoms with van der Waals surface area (Å²) in [7, 11) is 1.84. The molecule has 0 saturated heterocycles. The minimum absolute atomic E-state index is 0.264. The zero-order chi connectivity index (χ0) is 18.1. The average Bonchev–Trinajstić information content (AvgIpc) is 3.15. The van der Waals surface area contributed by atoms with Gasteiger partial charge in [0, 0.05) is 48.1 Å². The Bertz CT molecular complexity index is 682. The molecular formula is C21H28N4S. The van der Waals surface area contributed by atoms with Gasteiger partial charge in [-0.15, -0.1) is 11.8 Å². The first-order valence-electron chi connectivity index (χ1n) is 9.38. The summed E-state index contributed by atoms with van der Waals surface area (Å²) in [6.45, 7) is 1.77. The summed E-state index contributed by atoms with van der Waals surface area (Å²) in [5, 5.41) is 6.97. The third kappa shape index (κ3) is 5.49. The van der Waals surface area contributed by atoms with E-state index in [1.165, 1.54) is 30.6 Å². The number of hydrogen-bond acceptors (Lipinski definition) is 3. The minimum Gasteiger partial charge on any atom is -0.356 e. The molecule has 26 heavy (non-hydrogen) atoms. The Morgan fingerprint density at radius 1 is 1.08 bits per heavy atom. The Morgan fingerprint density at radius 2 is 1.85 bits per heavy atom. The standard InChI is InChI=1S/C21H28N4S/c1-22-20(24-16-12-18-9-5-8-15-23-18)25-17-21(13-6-7-14-21)26-19-10-3-2-4-11-19/h2-5,8-11,15H,6-7,12-14,16-17H2,1H3,(H2,22,24,25). The Balaban J connectivity index is 1.50. The van der Waals surface area contributed by atoms with Gasteiger partial charge in [-0.25, -0.2) is 0 Å². The van der Waals surface area contributed by atoms with Gasteiger partial charge in [-0.3, -0.25) is 9.98 Å². The molecule has 1 aromatic heterocycles. The van der Waals surface area contributed by atoms with Gasteiger partial charge in [0.1, 0.15) is 0 Å². The fraction of sp³-hybridized carbons (Fsp3) is 0.429. The smallest absolute Gasteiger partial charge is 0.191 e. The van der Waals surface area contributed by atoms with Crippen LogP contribution in [-0.2, 0) is 6.42 Å². The van der Waals surface area contributed by atoms with Crippen LogP contribution in [0.1, 0.15) is 31.4 Å². The van der Waals surface area contributed by atoms with Crippen molar-refractivity contribution in [2.24, 2.45) is 4.99 Å². The summed E-state index contributed by atoms with van der Waals surface area (Å²) in [5.41, 5.74) is 1.10. The first-order valence-corrected chi connectivity index (χ1v) is 10.2. The zero-order valence-electron chi connectivity index (χ0n) is 15.4. The van der Waals surface area contributed by atoms with Crippen LogP contribution in [0.25, 0.3) is 0 Å². The van der Waals surface area contributed by atoms with E-state index in [0.717, 1.165) is 31.2 Å². The monoisotopic (exact) mass is 368 g/mol. The Kier molecular flexibility index (Phi) is 6.95. The Morgan fingerprint density at radius 3 is 2.54 bits per heavy atom. The van der Waals surface area contributed by atoms with E-state index in [1.807, 2.05) is 37.1 Å². The molecule has 0 radical (unpaired) electrons. The summed E-state index contributed by atoms with van der Waals surface area (Å²) >= 11 is 2.02. The molecule has 5 heteroatoms. The van der Waals surface area contributed by atoms with Gasteiger partial charge in [0.2, 0.25) is 0 Å². The number of nitrogens with one attached hydrogen (secondary N) is 2. The van der Waals surface area contributed by atoms with E-state index >= 15 is 0 Å². The number of nitrogens with zero attached hydrogens (tertiary/aromatic N) is 2.